The Morgan fingerprint density at radius 2 is 2.32 bits per heavy atom. The molecule has 0 spiro atoms. The van der Waals surface area contributed by atoms with Crippen LogP contribution < -0.4 is 5.73 Å². The first-order chi connectivity index (χ1) is 9.04. The zero-order valence-electron chi connectivity index (χ0n) is 11.4. The minimum absolute atomic E-state index is 0.0486. The molecule has 2 heterocycles. The van der Waals surface area contributed by atoms with Gasteiger partial charge in [0.1, 0.15) is 10.7 Å². The summed E-state index contributed by atoms with van der Waals surface area (Å²) < 4.78 is 5.40. The lowest BCUT2D eigenvalue weighted by atomic mass is 9.86. The van der Waals surface area contributed by atoms with Crippen LogP contribution >= 0.6 is 0 Å². The van der Waals surface area contributed by atoms with Crippen LogP contribution in [-0.2, 0) is 0 Å². The van der Waals surface area contributed by atoms with Gasteiger partial charge in [-0.1, -0.05) is 0 Å². The second-order valence-electron chi connectivity index (χ2n) is 5.35. The van der Waals surface area contributed by atoms with E-state index in [-0.39, 0.29) is 11.9 Å². The van der Waals surface area contributed by atoms with Gasteiger partial charge in [-0.2, -0.15) is 0 Å². The Hall–Kier alpha value is -1.40. The molecule has 2 rings (SSSR count). The third kappa shape index (κ3) is 2.79. The third-order valence-electron chi connectivity index (χ3n) is 3.85. The lowest BCUT2D eigenvalue weighted by Gasteiger charge is -2.42. The smallest absolute Gasteiger partial charge is 0.404 e. The molecule has 2 unspecified atom stereocenters. The Morgan fingerprint density at radius 3 is 2.84 bits per heavy atom. The van der Waals surface area contributed by atoms with Crippen molar-refractivity contribution in [2.24, 2.45) is 11.7 Å². The van der Waals surface area contributed by atoms with Crippen LogP contribution in [0.2, 0.25) is 0 Å². The fourth-order valence-corrected chi connectivity index (χ4v) is 2.92. The summed E-state index contributed by atoms with van der Waals surface area (Å²) in [7, 11) is 0. The number of nitrogens with zero attached hydrogens (tertiary/aromatic N) is 2. The minimum Gasteiger partial charge on any atom is -0.404 e. The summed E-state index contributed by atoms with van der Waals surface area (Å²) in [5.74, 6) is 0.762. The largest absolute Gasteiger partial charge is 0.433 e. The van der Waals surface area contributed by atoms with Crippen LogP contribution in [0.5, 0.6) is 0 Å². The van der Waals surface area contributed by atoms with Gasteiger partial charge in [0.25, 0.3) is 0 Å². The van der Waals surface area contributed by atoms with Crippen molar-refractivity contribution in [3.63, 3.8) is 0 Å². The van der Waals surface area contributed by atoms with Gasteiger partial charge < -0.3 is 10.2 Å². The Bertz CT molecular complexity index is 444. The fourth-order valence-electron chi connectivity index (χ4n) is 2.92. The number of hydrogen-bond acceptors (Lipinski definition) is 5. The van der Waals surface area contributed by atoms with Crippen LogP contribution in [0.4, 0.5) is 5.88 Å². The topological polar surface area (TPSA) is 85.5 Å². The van der Waals surface area contributed by atoms with Gasteiger partial charge in [0, 0.05) is 6.04 Å². The van der Waals surface area contributed by atoms with Gasteiger partial charge in [0.05, 0.1) is 12.1 Å². The second-order valence-corrected chi connectivity index (χ2v) is 5.35. The maximum Gasteiger partial charge on any atom is 0.433 e. The lowest BCUT2D eigenvalue weighted by Crippen LogP contribution is -2.44. The Kier molecular flexibility index (Phi) is 4.21. The van der Waals surface area contributed by atoms with Gasteiger partial charge in [0.15, 0.2) is 0 Å². The van der Waals surface area contributed by atoms with E-state index in [2.05, 4.69) is 18.7 Å². The molecular formula is C13H21N3O3. The van der Waals surface area contributed by atoms with Crippen molar-refractivity contribution in [3.05, 3.63) is 28.0 Å². The minimum atomic E-state index is -0.497. The molecule has 1 aromatic heterocycles. The highest BCUT2D eigenvalue weighted by Gasteiger charge is 2.36. The van der Waals surface area contributed by atoms with Crippen molar-refractivity contribution in [1.29, 1.82) is 0 Å². The summed E-state index contributed by atoms with van der Waals surface area (Å²) in [6.07, 6.45) is 2.15. The van der Waals surface area contributed by atoms with E-state index in [0.717, 1.165) is 19.4 Å². The van der Waals surface area contributed by atoms with Gasteiger partial charge in [-0.25, -0.2) is 0 Å². The van der Waals surface area contributed by atoms with Crippen molar-refractivity contribution in [2.75, 3.05) is 13.1 Å². The highest BCUT2D eigenvalue weighted by atomic mass is 16.6. The molecule has 2 N–H and O–H groups in total. The predicted molar refractivity (Wildman–Crippen MR) is 71.7 cm³/mol. The molecule has 19 heavy (non-hydrogen) atoms. The molecule has 2 atom stereocenters. The van der Waals surface area contributed by atoms with Crippen molar-refractivity contribution < 1.29 is 9.34 Å². The van der Waals surface area contributed by atoms with E-state index in [9.17, 15) is 10.1 Å². The van der Waals surface area contributed by atoms with Gasteiger partial charge in [-0.3, -0.25) is 15.0 Å². The molecule has 106 valence electrons. The number of piperidine rings is 1. The second kappa shape index (κ2) is 5.71. The molecule has 6 nitrogen and oxygen atoms in total. The first kappa shape index (κ1) is 14.0. The first-order valence-electron chi connectivity index (χ1n) is 6.74. The number of likely N-dealkylation sites (tertiary alicyclic amines) is 1. The summed E-state index contributed by atoms with van der Waals surface area (Å²) in [5.41, 5.74) is 5.86. The van der Waals surface area contributed by atoms with Crippen molar-refractivity contribution in [2.45, 2.75) is 38.8 Å². The summed E-state index contributed by atoms with van der Waals surface area (Å²) in [4.78, 5) is 12.6. The summed E-state index contributed by atoms with van der Waals surface area (Å²) in [6, 6.07) is 3.55. The number of nitro groups is 1. The Morgan fingerprint density at radius 1 is 1.58 bits per heavy atom. The quantitative estimate of drug-likeness (QED) is 0.668. The van der Waals surface area contributed by atoms with Crippen LogP contribution in [0.3, 0.4) is 0 Å². The molecule has 1 aliphatic rings. The zero-order chi connectivity index (χ0) is 14.0. The lowest BCUT2D eigenvalue weighted by molar-refractivity contribution is -0.402. The van der Waals surface area contributed by atoms with Gasteiger partial charge in [-0.15, -0.1) is 0 Å². The monoisotopic (exact) mass is 267 g/mol. The molecule has 1 saturated heterocycles. The van der Waals surface area contributed by atoms with Gasteiger partial charge >= 0.3 is 5.88 Å². The molecule has 0 amide bonds. The van der Waals surface area contributed by atoms with Crippen LogP contribution in [0.15, 0.2) is 16.5 Å². The summed E-state index contributed by atoms with van der Waals surface area (Å²) in [5, 5.41) is 10.7. The third-order valence-corrected chi connectivity index (χ3v) is 3.85. The molecule has 1 aliphatic heterocycles. The SMILES string of the molecule is CC(C)N1CCCC(CN)C1c1ccc([N+](=O)[O-])o1. The average molecular weight is 267 g/mol. The van der Waals surface area contributed by atoms with E-state index in [1.165, 1.54) is 6.07 Å². The highest BCUT2D eigenvalue weighted by Crippen LogP contribution is 2.38. The molecule has 0 radical (unpaired) electrons. The number of nitrogens with two attached hydrogens (primary N) is 1. The standard InChI is InChI=1S/C13H21N3O3/c1-9(2)15-7-3-4-10(8-14)13(15)11-5-6-12(19-11)16(17)18/h5-6,9-10,13H,3-4,7-8,14H2,1-2H3. The summed E-state index contributed by atoms with van der Waals surface area (Å²) >= 11 is 0. The van der Waals surface area contributed by atoms with E-state index in [1.54, 1.807) is 6.07 Å². The fraction of sp³-hybridized carbons (Fsp3) is 0.692. The van der Waals surface area contributed by atoms with Crippen LogP contribution in [0.1, 0.15) is 38.5 Å². The molecule has 0 aliphatic carbocycles. The molecule has 1 aromatic rings. The zero-order valence-corrected chi connectivity index (χ0v) is 11.4. The van der Waals surface area contributed by atoms with Crippen LogP contribution in [-0.4, -0.2) is 29.0 Å². The van der Waals surface area contributed by atoms with Gasteiger partial charge in [-0.05, 0) is 51.8 Å². The number of rotatable bonds is 4. The Balaban J connectivity index is 2.31. The van der Waals surface area contributed by atoms with Crippen molar-refractivity contribution in [1.82, 2.24) is 4.90 Å². The maximum atomic E-state index is 10.7. The van der Waals surface area contributed by atoms with Crippen LogP contribution in [0.25, 0.3) is 0 Å². The van der Waals surface area contributed by atoms with E-state index in [4.69, 9.17) is 10.2 Å². The van der Waals surface area contributed by atoms with E-state index in [0.29, 0.717) is 24.3 Å². The average Bonchev–Trinajstić information content (AvgIpc) is 2.87. The van der Waals surface area contributed by atoms with E-state index in [1.807, 2.05) is 0 Å². The number of hydrogen-bond donors (Lipinski definition) is 1. The number of furan rings is 1. The van der Waals surface area contributed by atoms with Crippen molar-refractivity contribution >= 4 is 5.88 Å². The predicted octanol–water partition coefficient (Wildman–Crippen LogP) is 2.31. The highest BCUT2D eigenvalue weighted by molar-refractivity contribution is 5.21. The Labute approximate surface area is 112 Å². The van der Waals surface area contributed by atoms with Gasteiger partial charge in [0.2, 0.25) is 0 Å². The molecular weight excluding hydrogens is 246 g/mol. The van der Waals surface area contributed by atoms with E-state index >= 15 is 0 Å². The normalized spacial score (nSPS) is 24.8. The summed E-state index contributed by atoms with van der Waals surface area (Å²) in [6.45, 7) is 5.81. The van der Waals surface area contributed by atoms with Crippen molar-refractivity contribution in [3.8, 4) is 0 Å². The first-order valence-corrected chi connectivity index (χ1v) is 6.74. The molecule has 6 heteroatoms. The molecule has 0 saturated carbocycles. The van der Waals surface area contributed by atoms with Crippen LogP contribution in [0, 0.1) is 16.0 Å². The molecule has 1 fully saturated rings. The maximum absolute atomic E-state index is 10.7. The molecule has 0 aromatic carbocycles. The van der Waals surface area contributed by atoms with E-state index < -0.39 is 4.92 Å². The molecule has 0 bridgehead atoms.